The number of hydrogen-bond acceptors (Lipinski definition) is 2. The van der Waals surface area contributed by atoms with E-state index in [2.05, 4.69) is 5.32 Å². The number of carbonyl (C=O) groups is 1. The van der Waals surface area contributed by atoms with Crippen molar-refractivity contribution in [2.45, 2.75) is 18.5 Å². The monoisotopic (exact) mass is 384 g/mol. The highest BCUT2D eigenvalue weighted by Crippen LogP contribution is 2.32. The molecule has 1 N–H and O–H groups in total. The highest BCUT2D eigenvalue weighted by Gasteiger charge is 2.34. The van der Waals surface area contributed by atoms with Gasteiger partial charge in [0.2, 0.25) is 0 Å². The zero-order valence-corrected chi connectivity index (χ0v) is 14.9. The summed E-state index contributed by atoms with van der Waals surface area (Å²) >= 11 is 11.9. The average Bonchev–Trinajstić information content (AvgIpc) is 2.90. The van der Waals surface area contributed by atoms with E-state index in [9.17, 15) is 13.6 Å². The highest BCUT2D eigenvalue weighted by atomic mass is 35.5. The van der Waals surface area contributed by atoms with Crippen LogP contribution in [-0.2, 0) is 0 Å². The summed E-state index contributed by atoms with van der Waals surface area (Å²) in [5.41, 5.74) is 0.941. The van der Waals surface area contributed by atoms with Gasteiger partial charge in [-0.3, -0.25) is 9.69 Å². The molecule has 0 unspecified atom stereocenters. The van der Waals surface area contributed by atoms with Crippen LogP contribution < -0.4 is 5.32 Å². The SMILES string of the molecule is CN1CC[C@H](NC(=O)c2ccc(Cl)cc2Cl)[C@@H]1c1ccc(F)c(F)c1. The van der Waals surface area contributed by atoms with Crippen molar-refractivity contribution < 1.29 is 13.6 Å². The number of hydrogen-bond donors (Lipinski definition) is 1. The predicted octanol–water partition coefficient (Wildman–Crippen LogP) is 4.45. The molecule has 1 aliphatic rings. The van der Waals surface area contributed by atoms with E-state index in [0.29, 0.717) is 22.6 Å². The molecule has 25 heavy (non-hydrogen) atoms. The Morgan fingerprint density at radius 1 is 1.16 bits per heavy atom. The van der Waals surface area contributed by atoms with Crippen LogP contribution in [0.2, 0.25) is 10.0 Å². The average molecular weight is 385 g/mol. The molecule has 0 bridgehead atoms. The molecule has 1 heterocycles. The summed E-state index contributed by atoms with van der Waals surface area (Å²) in [5, 5.41) is 3.65. The first-order valence-electron chi connectivity index (χ1n) is 7.78. The highest BCUT2D eigenvalue weighted by molar-refractivity contribution is 6.36. The molecule has 3 rings (SSSR count). The zero-order chi connectivity index (χ0) is 18.1. The van der Waals surface area contributed by atoms with Gasteiger partial charge in [-0.15, -0.1) is 0 Å². The van der Waals surface area contributed by atoms with Gasteiger partial charge in [0, 0.05) is 11.6 Å². The van der Waals surface area contributed by atoms with E-state index in [-0.39, 0.29) is 23.0 Å². The molecule has 1 aliphatic heterocycles. The molecule has 1 saturated heterocycles. The molecule has 2 aromatic rings. The van der Waals surface area contributed by atoms with Crippen molar-refractivity contribution in [3.05, 3.63) is 69.2 Å². The first-order chi connectivity index (χ1) is 11.9. The number of nitrogens with one attached hydrogen (secondary N) is 1. The molecule has 1 fully saturated rings. The Morgan fingerprint density at radius 2 is 1.92 bits per heavy atom. The minimum absolute atomic E-state index is 0.242. The van der Waals surface area contributed by atoms with Crippen LogP contribution in [0.25, 0.3) is 0 Å². The van der Waals surface area contributed by atoms with Crippen LogP contribution in [0, 0.1) is 11.6 Å². The van der Waals surface area contributed by atoms with Gasteiger partial charge in [-0.1, -0.05) is 29.3 Å². The molecule has 7 heteroatoms. The summed E-state index contributed by atoms with van der Waals surface area (Å²) in [6, 6.07) is 7.99. The molecule has 132 valence electrons. The maximum absolute atomic E-state index is 13.6. The lowest BCUT2D eigenvalue weighted by Crippen LogP contribution is -2.39. The molecule has 2 aromatic carbocycles. The van der Waals surface area contributed by atoms with Gasteiger partial charge in [0.1, 0.15) is 0 Å². The van der Waals surface area contributed by atoms with Crippen LogP contribution in [0.4, 0.5) is 8.78 Å². The summed E-state index contributed by atoms with van der Waals surface area (Å²) < 4.78 is 26.8. The summed E-state index contributed by atoms with van der Waals surface area (Å²) in [6.45, 7) is 0.725. The number of benzene rings is 2. The smallest absolute Gasteiger partial charge is 0.253 e. The van der Waals surface area contributed by atoms with Crippen molar-refractivity contribution in [3.63, 3.8) is 0 Å². The van der Waals surface area contributed by atoms with Gasteiger partial charge in [-0.25, -0.2) is 8.78 Å². The lowest BCUT2D eigenvalue weighted by atomic mass is 9.99. The Morgan fingerprint density at radius 3 is 2.60 bits per heavy atom. The molecule has 1 amide bonds. The zero-order valence-electron chi connectivity index (χ0n) is 13.4. The van der Waals surface area contributed by atoms with Gasteiger partial charge in [0.25, 0.3) is 5.91 Å². The van der Waals surface area contributed by atoms with E-state index in [1.54, 1.807) is 18.2 Å². The third-order valence-electron chi connectivity index (χ3n) is 4.43. The van der Waals surface area contributed by atoms with Crippen molar-refractivity contribution in [1.29, 1.82) is 0 Å². The van der Waals surface area contributed by atoms with E-state index >= 15 is 0 Å². The maximum atomic E-state index is 13.6. The largest absolute Gasteiger partial charge is 0.347 e. The number of likely N-dealkylation sites (N-methyl/N-ethyl adjacent to an activating group) is 1. The number of rotatable bonds is 3. The normalized spacial score (nSPS) is 20.7. The Balaban J connectivity index is 1.83. The second-order valence-electron chi connectivity index (χ2n) is 6.09. The van der Waals surface area contributed by atoms with Crippen molar-refractivity contribution in [2.24, 2.45) is 0 Å². The van der Waals surface area contributed by atoms with Crippen molar-refractivity contribution in [2.75, 3.05) is 13.6 Å². The Bertz CT molecular complexity index is 816. The Hall–Kier alpha value is -1.69. The fraction of sp³-hybridized carbons (Fsp3) is 0.278. The minimum Gasteiger partial charge on any atom is -0.347 e. The molecule has 0 spiro atoms. The first kappa shape index (κ1) is 18.1. The molecule has 0 aromatic heterocycles. The molecule has 0 radical (unpaired) electrons. The molecular weight excluding hydrogens is 369 g/mol. The van der Waals surface area contributed by atoms with Crippen LogP contribution in [0.15, 0.2) is 36.4 Å². The lowest BCUT2D eigenvalue weighted by Gasteiger charge is -2.26. The summed E-state index contributed by atoms with van der Waals surface area (Å²) in [7, 11) is 1.88. The predicted molar refractivity (Wildman–Crippen MR) is 94.1 cm³/mol. The number of amides is 1. The Kier molecular flexibility index (Phi) is 5.27. The van der Waals surface area contributed by atoms with E-state index in [4.69, 9.17) is 23.2 Å². The molecule has 0 saturated carbocycles. The van der Waals surface area contributed by atoms with Gasteiger partial charge in [0.05, 0.1) is 22.7 Å². The van der Waals surface area contributed by atoms with Gasteiger partial charge >= 0.3 is 0 Å². The third-order valence-corrected chi connectivity index (χ3v) is 4.97. The van der Waals surface area contributed by atoms with Gasteiger partial charge in [-0.05, 0) is 49.4 Å². The molecule has 2 atom stereocenters. The van der Waals surface area contributed by atoms with Crippen LogP contribution in [-0.4, -0.2) is 30.4 Å². The number of nitrogens with zero attached hydrogens (tertiary/aromatic N) is 1. The van der Waals surface area contributed by atoms with Crippen LogP contribution in [0.3, 0.4) is 0 Å². The second kappa shape index (κ2) is 7.28. The van der Waals surface area contributed by atoms with Crippen molar-refractivity contribution >= 4 is 29.1 Å². The van der Waals surface area contributed by atoms with Gasteiger partial charge in [-0.2, -0.15) is 0 Å². The van der Waals surface area contributed by atoms with Crippen molar-refractivity contribution in [1.82, 2.24) is 10.2 Å². The fourth-order valence-electron chi connectivity index (χ4n) is 3.20. The molecule has 3 nitrogen and oxygen atoms in total. The maximum Gasteiger partial charge on any atom is 0.253 e. The van der Waals surface area contributed by atoms with Crippen LogP contribution in [0.5, 0.6) is 0 Å². The van der Waals surface area contributed by atoms with E-state index in [1.165, 1.54) is 12.1 Å². The lowest BCUT2D eigenvalue weighted by molar-refractivity contribution is 0.0928. The molecular formula is C18H16Cl2F2N2O. The second-order valence-corrected chi connectivity index (χ2v) is 6.94. The summed E-state index contributed by atoms with van der Waals surface area (Å²) in [6.07, 6.45) is 0.692. The molecule has 0 aliphatic carbocycles. The van der Waals surface area contributed by atoms with Crippen molar-refractivity contribution in [3.8, 4) is 0 Å². The quantitative estimate of drug-likeness (QED) is 0.847. The Labute approximate surface area is 154 Å². The van der Waals surface area contributed by atoms with E-state index < -0.39 is 11.6 Å². The topological polar surface area (TPSA) is 32.3 Å². The van der Waals surface area contributed by atoms with E-state index in [1.807, 2.05) is 11.9 Å². The van der Waals surface area contributed by atoms with E-state index in [0.717, 1.165) is 12.6 Å². The van der Waals surface area contributed by atoms with Gasteiger partial charge in [0.15, 0.2) is 11.6 Å². The fourth-order valence-corrected chi connectivity index (χ4v) is 3.70. The van der Waals surface area contributed by atoms with Crippen LogP contribution >= 0.6 is 23.2 Å². The summed E-state index contributed by atoms with van der Waals surface area (Å²) in [4.78, 5) is 14.5. The minimum atomic E-state index is -0.899. The number of likely N-dealkylation sites (tertiary alicyclic amines) is 1. The third kappa shape index (κ3) is 3.78. The number of carbonyl (C=O) groups excluding carboxylic acids is 1. The van der Waals surface area contributed by atoms with Crippen LogP contribution in [0.1, 0.15) is 28.4 Å². The number of halogens is 4. The first-order valence-corrected chi connectivity index (χ1v) is 8.53. The standard InChI is InChI=1S/C18H16Cl2F2N2O/c1-24-7-6-16(17(24)10-2-5-14(21)15(22)8-10)23-18(25)12-4-3-11(19)9-13(12)20/h2-5,8-9,16-17H,6-7H2,1H3,(H,23,25)/t16-,17-/m0/s1. The van der Waals surface area contributed by atoms with Gasteiger partial charge < -0.3 is 5.32 Å². The summed E-state index contributed by atoms with van der Waals surface area (Å²) in [5.74, 6) is -2.11.